The second-order valence-corrected chi connectivity index (χ2v) is 9.75. The number of hydrogen-bond acceptors (Lipinski definition) is 5. The van der Waals surface area contributed by atoms with Crippen molar-refractivity contribution in [1.82, 2.24) is 4.90 Å². The highest BCUT2D eigenvalue weighted by molar-refractivity contribution is 6.30. The quantitative estimate of drug-likeness (QED) is 0.563. The van der Waals surface area contributed by atoms with Crippen LogP contribution in [0.3, 0.4) is 0 Å². The number of carbonyl (C=O) groups excluding carboxylic acids is 1. The first-order chi connectivity index (χ1) is 14.4. The van der Waals surface area contributed by atoms with Crippen molar-refractivity contribution in [2.24, 2.45) is 11.3 Å². The molecule has 5 nitrogen and oxygen atoms in total. The van der Waals surface area contributed by atoms with Gasteiger partial charge in [-0.15, -0.1) is 0 Å². The second kappa shape index (κ2) is 6.07. The average molecular weight is 426 g/mol. The van der Waals surface area contributed by atoms with Gasteiger partial charge < -0.3 is 19.8 Å². The number of ketones is 1. The summed E-state index contributed by atoms with van der Waals surface area (Å²) in [5, 5.41) is 23.1. The molecule has 0 amide bonds. The Labute approximate surface area is 180 Å². The van der Waals surface area contributed by atoms with E-state index in [4.69, 9.17) is 16.3 Å². The third kappa shape index (κ3) is 2.16. The monoisotopic (exact) mass is 425 g/mol. The molecule has 1 spiro atoms. The second-order valence-electron chi connectivity index (χ2n) is 9.32. The van der Waals surface area contributed by atoms with Crippen LogP contribution in [0.2, 0.25) is 5.02 Å². The number of nitrogens with zero attached hydrogens (tertiary/aromatic N) is 1. The first-order valence-corrected chi connectivity index (χ1v) is 10.9. The molecule has 0 radical (unpaired) electrons. The molecule has 6 rings (SSSR count). The lowest BCUT2D eigenvalue weighted by Gasteiger charge is -2.58. The molecule has 2 heterocycles. The zero-order valence-corrected chi connectivity index (χ0v) is 17.5. The number of carbonyl (C=O) groups is 1. The fourth-order valence-corrected chi connectivity index (χ4v) is 6.66. The van der Waals surface area contributed by atoms with Crippen molar-refractivity contribution >= 4 is 17.4 Å². The molecule has 6 atom stereocenters. The Kier molecular flexibility index (Phi) is 3.81. The van der Waals surface area contributed by atoms with Crippen LogP contribution in [-0.4, -0.2) is 58.3 Å². The van der Waals surface area contributed by atoms with E-state index < -0.39 is 17.8 Å². The van der Waals surface area contributed by atoms with Gasteiger partial charge in [0.25, 0.3) is 0 Å². The highest BCUT2D eigenvalue weighted by Crippen LogP contribution is 2.66. The van der Waals surface area contributed by atoms with Gasteiger partial charge in [0.1, 0.15) is 18.0 Å². The van der Waals surface area contributed by atoms with Crippen molar-refractivity contribution in [2.45, 2.75) is 43.1 Å². The number of aliphatic hydroxyl groups is 2. The van der Waals surface area contributed by atoms with E-state index in [-0.39, 0.29) is 23.5 Å². The van der Waals surface area contributed by atoms with Gasteiger partial charge in [0, 0.05) is 40.0 Å². The van der Waals surface area contributed by atoms with Crippen molar-refractivity contribution in [3.05, 3.63) is 70.0 Å². The first-order valence-electron chi connectivity index (χ1n) is 10.6. The smallest absolute Gasteiger partial charge is 0.202 e. The highest BCUT2D eigenvalue weighted by Gasteiger charge is 2.68. The number of likely N-dealkylation sites (tertiary alicyclic amines) is 1. The average Bonchev–Trinajstić information content (AvgIpc) is 3.10. The summed E-state index contributed by atoms with van der Waals surface area (Å²) in [6, 6.07) is 6.92. The molecule has 1 aromatic rings. The minimum absolute atomic E-state index is 0.177. The van der Waals surface area contributed by atoms with Gasteiger partial charge >= 0.3 is 0 Å². The van der Waals surface area contributed by atoms with Gasteiger partial charge in [0.2, 0.25) is 5.78 Å². The molecule has 1 saturated heterocycles. The van der Waals surface area contributed by atoms with Crippen molar-refractivity contribution in [3.8, 4) is 0 Å². The Morgan fingerprint density at radius 3 is 2.80 bits per heavy atom. The lowest BCUT2D eigenvalue weighted by molar-refractivity contribution is -0.0989. The Balaban J connectivity index is 1.52. The molecule has 1 aromatic carbocycles. The molecular formula is C24H24ClNO4. The summed E-state index contributed by atoms with van der Waals surface area (Å²) in [4.78, 5) is 15.9. The van der Waals surface area contributed by atoms with E-state index in [0.717, 1.165) is 30.5 Å². The first kappa shape index (κ1) is 18.8. The lowest BCUT2D eigenvalue weighted by Crippen LogP contribution is -2.62. The van der Waals surface area contributed by atoms with Crippen LogP contribution in [0.25, 0.3) is 0 Å². The molecule has 6 heteroatoms. The standard InChI is InChI=1S/C24H24ClNO4/c1-26-11-10-23-16-6-7-18(27)21(23)30-22-19(23)14(12-17(16)26)8-9-24(22,29)20(28)13-2-4-15(25)5-3-13/h2-8,16-18,21,27,29H,9-12H2,1H3/t16-,17+,18-,21-,23-,24?/m0/s1. The van der Waals surface area contributed by atoms with Crippen molar-refractivity contribution in [1.29, 1.82) is 0 Å². The van der Waals surface area contributed by atoms with Crippen LogP contribution in [0.5, 0.6) is 0 Å². The molecule has 3 aliphatic carbocycles. The Hall–Kier alpha value is -1.92. The van der Waals surface area contributed by atoms with Crippen molar-refractivity contribution in [3.63, 3.8) is 0 Å². The number of piperidine rings is 1. The van der Waals surface area contributed by atoms with E-state index in [1.165, 1.54) is 0 Å². The van der Waals surface area contributed by atoms with Gasteiger partial charge in [-0.2, -0.15) is 0 Å². The third-order valence-electron chi connectivity index (χ3n) is 7.98. The predicted octanol–water partition coefficient (Wildman–Crippen LogP) is 2.88. The zero-order valence-electron chi connectivity index (χ0n) is 16.7. The third-order valence-corrected chi connectivity index (χ3v) is 8.23. The maximum absolute atomic E-state index is 13.5. The molecule has 30 heavy (non-hydrogen) atoms. The number of halogens is 1. The maximum Gasteiger partial charge on any atom is 0.202 e. The molecular weight excluding hydrogens is 402 g/mol. The molecule has 1 unspecified atom stereocenters. The minimum atomic E-state index is -1.76. The number of aliphatic hydroxyl groups excluding tert-OH is 1. The summed E-state index contributed by atoms with van der Waals surface area (Å²) in [6.07, 6.45) is 6.62. The SMILES string of the molecule is CN1CC[C@]23C4=C5O[C@H]2[C@@H](O)C=C[C@H]3[C@H]1CC4=CCC5(O)C(=O)c1ccc(Cl)cc1. The Morgan fingerprint density at radius 1 is 1.27 bits per heavy atom. The van der Waals surface area contributed by atoms with Crippen molar-refractivity contribution in [2.75, 3.05) is 13.6 Å². The lowest BCUT2D eigenvalue weighted by atomic mass is 9.51. The van der Waals surface area contributed by atoms with Crippen LogP contribution in [0, 0.1) is 11.3 Å². The van der Waals surface area contributed by atoms with Gasteiger partial charge in [-0.1, -0.05) is 29.8 Å². The number of benzene rings is 1. The molecule has 1 saturated carbocycles. The molecule has 2 fully saturated rings. The Bertz CT molecular complexity index is 1040. The molecule has 0 aromatic heterocycles. The van der Waals surface area contributed by atoms with Crippen LogP contribution < -0.4 is 0 Å². The van der Waals surface area contributed by atoms with Crippen LogP contribution in [0.1, 0.15) is 29.6 Å². The highest BCUT2D eigenvalue weighted by atomic mass is 35.5. The minimum Gasteiger partial charge on any atom is -0.487 e. The van der Waals surface area contributed by atoms with Gasteiger partial charge in [0.05, 0.1) is 0 Å². The molecule has 2 N–H and O–H groups in total. The summed E-state index contributed by atoms with van der Waals surface area (Å²) in [5.74, 6) is 0.170. The summed E-state index contributed by atoms with van der Waals surface area (Å²) < 4.78 is 6.38. The van der Waals surface area contributed by atoms with Gasteiger partial charge in [-0.3, -0.25) is 4.79 Å². The van der Waals surface area contributed by atoms with Crippen molar-refractivity contribution < 1.29 is 19.7 Å². The summed E-state index contributed by atoms with van der Waals surface area (Å²) in [6.45, 7) is 0.898. The molecule has 2 aliphatic heterocycles. The van der Waals surface area contributed by atoms with Crippen LogP contribution >= 0.6 is 11.6 Å². The van der Waals surface area contributed by atoms with Crippen LogP contribution in [0.4, 0.5) is 0 Å². The van der Waals surface area contributed by atoms with E-state index in [9.17, 15) is 15.0 Å². The van der Waals surface area contributed by atoms with E-state index >= 15 is 0 Å². The van der Waals surface area contributed by atoms with Gasteiger partial charge in [-0.25, -0.2) is 0 Å². The van der Waals surface area contributed by atoms with Gasteiger partial charge in [0.15, 0.2) is 5.60 Å². The number of Topliss-reactive ketones (excluding diaryl/α,β-unsaturated/α-hetero) is 1. The number of ether oxygens (including phenoxy) is 1. The van der Waals surface area contributed by atoms with Gasteiger partial charge in [-0.05, 0) is 56.3 Å². The molecule has 2 bridgehead atoms. The number of rotatable bonds is 2. The predicted molar refractivity (Wildman–Crippen MR) is 112 cm³/mol. The fraction of sp³-hybridized carbons (Fsp3) is 0.458. The van der Waals surface area contributed by atoms with E-state index in [0.29, 0.717) is 22.4 Å². The van der Waals surface area contributed by atoms with E-state index in [2.05, 4.69) is 18.0 Å². The topological polar surface area (TPSA) is 70.0 Å². The summed E-state index contributed by atoms with van der Waals surface area (Å²) in [5.41, 5.74) is 0.381. The van der Waals surface area contributed by atoms with Crippen LogP contribution in [-0.2, 0) is 4.74 Å². The summed E-state index contributed by atoms with van der Waals surface area (Å²) >= 11 is 5.98. The summed E-state index contributed by atoms with van der Waals surface area (Å²) in [7, 11) is 2.15. The van der Waals surface area contributed by atoms with E-state index in [1.54, 1.807) is 24.3 Å². The normalized spacial score (nSPS) is 41.3. The largest absolute Gasteiger partial charge is 0.487 e. The molecule has 5 aliphatic rings. The number of hydrogen-bond donors (Lipinski definition) is 2. The van der Waals surface area contributed by atoms with E-state index in [1.807, 2.05) is 12.2 Å². The van der Waals surface area contributed by atoms with Crippen LogP contribution in [0.15, 0.2) is 59.4 Å². The maximum atomic E-state index is 13.5. The fourth-order valence-electron chi connectivity index (χ4n) is 6.53. The Morgan fingerprint density at radius 2 is 2.03 bits per heavy atom. The zero-order chi connectivity index (χ0) is 20.8. The molecule has 156 valence electrons.